The third-order valence-corrected chi connectivity index (χ3v) is 1.26. The molecular formula is C8H10Cl2O2Si. The Morgan fingerprint density at radius 1 is 1.23 bits per heavy atom. The van der Waals surface area contributed by atoms with Crippen molar-refractivity contribution >= 4 is 36.4 Å². The Morgan fingerprint density at radius 2 is 1.62 bits per heavy atom. The first kappa shape index (κ1) is 12.4. The molecule has 13 heavy (non-hydrogen) atoms. The van der Waals surface area contributed by atoms with Crippen LogP contribution in [0.25, 0.3) is 6.08 Å². The Labute approximate surface area is 88.7 Å². The molecule has 0 unspecified atom stereocenters. The van der Waals surface area contributed by atoms with E-state index in [1.165, 1.54) is 18.2 Å². The van der Waals surface area contributed by atoms with E-state index in [0.717, 1.165) is 0 Å². The van der Waals surface area contributed by atoms with Gasteiger partial charge in [0.25, 0.3) is 0 Å². The summed E-state index contributed by atoms with van der Waals surface area (Å²) < 4.78 is 0. The molecule has 0 saturated heterocycles. The first-order valence-electron chi connectivity index (χ1n) is 3.42. The van der Waals surface area contributed by atoms with Gasteiger partial charge in [-0.05, 0) is 12.1 Å². The lowest BCUT2D eigenvalue weighted by molar-refractivity contribution is 0.448. The van der Waals surface area contributed by atoms with E-state index in [2.05, 4.69) is 6.58 Å². The minimum absolute atomic E-state index is 0.0509. The molecule has 0 saturated carbocycles. The largest absolute Gasteiger partial charge is 0.507 e. The lowest BCUT2D eigenvalue weighted by Gasteiger charge is -1.99. The molecule has 0 aromatic heterocycles. The third-order valence-electron chi connectivity index (χ3n) is 1.26. The number of aromatic hydroxyl groups is 2. The zero-order chi connectivity index (χ0) is 10.3. The van der Waals surface area contributed by atoms with Gasteiger partial charge in [-0.25, -0.2) is 0 Å². The fourth-order valence-electron chi connectivity index (χ4n) is 0.750. The highest BCUT2D eigenvalue weighted by molar-refractivity contribution is 7.22. The number of hydrogen-bond donors (Lipinski definition) is 2. The van der Waals surface area contributed by atoms with Gasteiger partial charge in [0.15, 0.2) is 0 Å². The maximum Gasteiger partial charge on any atom is 0.222 e. The summed E-state index contributed by atoms with van der Waals surface area (Å²) >= 11 is 9.81. The quantitative estimate of drug-likeness (QED) is 0.580. The van der Waals surface area contributed by atoms with Crippen LogP contribution < -0.4 is 0 Å². The summed E-state index contributed by atoms with van der Waals surface area (Å²) in [7, 11) is -0.639. The molecule has 0 bridgehead atoms. The second kappa shape index (κ2) is 6.83. The van der Waals surface area contributed by atoms with Gasteiger partial charge in [-0.15, -0.1) is 0 Å². The molecule has 0 aliphatic heterocycles. The predicted molar refractivity (Wildman–Crippen MR) is 60.1 cm³/mol. The van der Waals surface area contributed by atoms with E-state index in [-0.39, 0.29) is 11.5 Å². The SMILES string of the molecule is C=Cc1c(O)cccc1O.Cl[SiH2]Cl. The molecule has 5 heteroatoms. The molecule has 2 nitrogen and oxygen atoms in total. The number of hydrogen-bond acceptors (Lipinski definition) is 2. The zero-order valence-electron chi connectivity index (χ0n) is 6.87. The highest BCUT2D eigenvalue weighted by Crippen LogP contribution is 2.26. The van der Waals surface area contributed by atoms with Crippen LogP contribution in [-0.4, -0.2) is 18.4 Å². The van der Waals surface area contributed by atoms with E-state index in [4.69, 9.17) is 32.4 Å². The van der Waals surface area contributed by atoms with Gasteiger partial charge >= 0.3 is 0 Å². The van der Waals surface area contributed by atoms with Gasteiger partial charge in [-0.3, -0.25) is 0 Å². The second-order valence-electron chi connectivity index (χ2n) is 2.02. The minimum Gasteiger partial charge on any atom is -0.507 e. The molecule has 0 atom stereocenters. The van der Waals surface area contributed by atoms with Gasteiger partial charge in [0, 0.05) is 0 Å². The van der Waals surface area contributed by atoms with Crippen molar-refractivity contribution in [3.05, 3.63) is 30.3 Å². The van der Waals surface area contributed by atoms with Gasteiger partial charge in [-0.1, -0.05) is 18.7 Å². The summed E-state index contributed by atoms with van der Waals surface area (Å²) in [6, 6.07) is 4.56. The second-order valence-corrected chi connectivity index (χ2v) is 4.64. The Kier molecular flexibility index (Phi) is 6.49. The topological polar surface area (TPSA) is 40.5 Å². The summed E-state index contributed by atoms with van der Waals surface area (Å²) in [6.45, 7) is 3.43. The molecule has 1 rings (SSSR count). The number of rotatable bonds is 1. The zero-order valence-corrected chi connectivity index (χ0v) is 9.80. The average molecular weight is 237 g/mol. The van der Waals surface area contributed by atoms with E-state index >= 15 is 0 Å². The van der Waals surface area contributed by atoms with Crippen molar-refractivity contribution in [2.45, 2.75) is 0 Å². The number of halogens is 2. The van der Waals surface area contributed by atoms with E-state index in [0.29, 0.717) is 5.56 Å². The molecule has 0 heterocycles. The van der Waals surface area contributed by atoms with Gasteiger partial charge in [-0.2, -0.15) is 22.2 Å². The smallest absolute Gasteiger partial charge is 0.222 e. The maximum atomic E-state index is 9.06. The number of benzene rings is 1. The van der Waals surface area contributed by atoms with Crippen LogP contribution in [0.15, 0.2) is 24.8 Å². The molecule has 0 amide bonds. The summed E-state index contributed by atoms with van der Waals surface area (Å²) in [6.07, 6.45) is 1.41. The Balaban J connectivity index is 0.000000424. The molecule has 1 aromatic carbocycles. The monoisotopic (exact) mass is 236 g/mol. The van der Waals surface area contributed by atoms with Gasteiger partial charge in [0.05, 0.1) is 5.56 Å². The maximum absolute atomic E-state index is 9.06. The van der Waals surface area contributed by atoms with Crippen LogP contribution in [0.3, 0.4) is 0 Å². The normalized spacial score (nSPS) is 8.46. The van der Waals surface area contributed by atoms with Crippen LogP contribution in [0, 0.1) is 0 Å². The standard InChI is InChI=1S/C8H8O2.Cl2H2Si/c1-2-6-7(9)4-3-5-8(6)10;1-3-2/h2-5,9-10H,1H2;3H2. The summed E-state index contributed by atoms with van der Waals surface area (Å²) in [5, 5.41) is 18.1. The molecule has 1 aromatic rings. The average Bonchev–Trinajstić information content (AvgIpc) is 2.06. The van der Waals surface area contributed by atoms with Crippen LogP contribution >= 0.6 is 22.2 Å². The summed E-state index contributed by atoms with van der Waals surface area (Å²) in [5.41, 5.74) is 0.377. The Bertz CT molecular complexity index is 259. The van der Waals surface area contributed by atoms with Crippen molar-refractivity contribution < 1.29 is 10.2 Å². The fraction of sp³-hybridized carbons (Fsp3) is 0. The van der Waals surface area contributed by atoms with E-state index in [1.807, 2.05) is 0 Å². The van der Waals surface area contributed by atoms with Crippen molar-refractivity contribution in [1.29, 1.82) is 0 Å². The van der Waals surface area contributed by atoms with Crippen molar-refractivity contribution in [2.75, 3.05) is 0 Å². The van der Waals surface area contributed by atoms with E-state index in [9.17, 15) is 0 Å². The highest BCUT2D eigenvalue weighted by Gasteiger charge is 1.99. The van der Waals surface area contributed by atoms with Gasteiger partial charge in [0.2, 0.25) is 8.14 Å². The van der Waals surface area contributed by atoms with Crippen molar-refractivity contribution in [1.82, 2.24) is 0 Å². The van der Waals surface area contributed by atoms with E-state index < -0.39 is 8.14 Å². The summed E-state index contributed by atoms with van der Waals surface area (Å²) in [4.78, 5) is 0. The minimum atomic E-state index is -0.639. The Morgan fingerprint density at radius 3 is 1.85 bits per heavy atom. The molecule has 0 spiro atoms. The van der Waals surface area contributed by atoms with Gasteiger partial charge < -0.3 is 10.2 Å². The lowest BCUT2D eigenvalue weighted by Crippen LogP contribution is -1.73. The number of phenolic OH excluding ortho intramolecular Hbond substituents is 2. The first-order chi connectivity index (χ1) is 6.17. The molecule has 0 aliphatic rings. The molecule has 0 aliphatic carbocycles. The predicted octanol–water partition coefficient (Wildman–Crippen LogP) is 2.20. The molecule has 0 fully saturated rings. The van der Waals surface area contributed by atoms with Crippen LogP contribution in [-0.2, 0) is 0 Å². The lowest BCUT2D eigenvalue weighted by atomic mass is 10.2. The highest BCUT2D eigenvalue weighted by atomic mass is 35.7. The molecule has 0 radical (unpaired) electrons. The summed E-state index contributed by atoms with van der Waals surface area (Å²) in [5.74, 6) is 0.102. The first-order valence-corrected chi connectivity index (χ1v) is 7.70. The van der Waals surface area contributed by atoms with Crippen LogP contribution in [0.2, 0.25) is 0 Å². The number of phenols is 2. The molecule has 2 N–H and O–H groups in total. The van der Waals surface area contributed by atoms with Crippen LogP contribution in [0.4, 0.5) is 0 Å². The third kappa shape index (κ3) is 4.22. The van der Waals surface area contributed by atoms with Crippen molar-refractivity contribution in [3.8, 4) is 11.5 Å². The Hall–Kier alpha value is -0.643. The molecule has 72 valence electrons. The van der Waals surface area contributed by atoms with E-state index in [1.54, 1.807) is 6.07 Å². The fourth-order valence-corrected chi connectivity index (χ4v) is 0.750. The van der Waals surface area contributed by atoms with Crippen LogP contribution in [0.1, 0.15) is 5.56 Å². The van der Waals surface area contributed by atoms with Gasteiger partial charge in [0.1, 0.15) is 11.5 Å². The van der Waals surface area contributed by atoms with Crippen molar-refractivity contribution in [3.63, 3.8) is 0 Å². The van der Waals surface area contributed by atoms with Crippen molar-refractivity contribution in [2.24, 2.45) is 0 Å². The molecular weight excluding hydrogens is 227 g/mol. The van der Waals surface area contributed by atoms with Crippen LogP contribution in [0.5, 0.6) is 11.5 Å².